The Bertz CT molecular complexity index is 2840. The van der Waals surface area contributed by atoms with Gasteiger partial charge in [0.05, 0.1) is 40.6 Å². The smallest absolute Gasteiger partial charge is 0.301 e. The van der Waals surface area contributed by atoms with Gasteiger partial charge in [-0.05, 0) is 131 Å². The maximum Gasteiger partial charge on any atom is 0.301 e. The number of anilines is 5. The molecule has 5 aromatic rings. The number of hydrogen-bond acceptors (Lipinski definition) is 12. The Labute approximate surface area is 392 Å². The van der Waals surface area contributed by atoms with E-state index in [0.717, 1.165) is 88.1 Å². The number of nitrogens with zero attached hydrogens (tertiary/aromatic N) is 8. The minimum Gasteiger partial charge on any atom is -0.480 e. The van der Waals surface area contributed by atoms with Crippen LogP contribution in [0.4, 0.5) is 37.6 Å². The van der Waals surface area contributed by atoms with E-state index >= 15 is 8.78 Å². The molecular formula is C49H58ClF2N11O4. The lowest BCUT2D eigenvalue weighted by Crippen LogP contribution is -2.48. The molecule has 6 aliphatic rings. The first-order valence-electron chi connectivity index (χ1n) is 24.0. The topological polar surface area (TPSA) is 155 Å². The summed E-state index contributed by atoms with van der Waals surface area (Å²) in [4.78, 5) is 54.7. The summed E-state index contributed by atoms with van der Waals surface area (Å²) in [5.41, 5.74) is 5.54. The average molecular weight is 939 g/mol. The van der Waals surface area contributed by atoms with Crippen LogP contribution in [-0.2, 0) is 23.7 Å². The van der Waals surface area contributed by atoms with Crippen molar-refractivity contribution < 1.29 is 23.1 Å². The van der Waals surface area contributed by atoms with Crippen molar-refractivity contribution in [2.24, 2.45) is 31.3 Å². The largest absolute Gasteiger partial charge is 0.480 e. The Morgan fingerprint density at radius 1 is 0.896 bits per heavy atom. The summed E-state index contributed by atoms with van der Waals surface area (Å²) in [5, 5.41) is 15.6. The van der Waals surface area contributed by atoms with Crippen LogP contribution in [0.25, 0.3) is 21.8 Å². The third kappa shape index (κ3) is 8.23. The molecule has 4 saturated heterocycles. The molecule has 2 unspecified atom stereocenters. The van der Waals surface area contributed by atoms with Crippen molar-refractivity contribution >= 4 is 74.0 Å². The van der Waals surface area contributed by atoms with Crippen LogP contribution in [0.1, 0.15) is 81.4 Å². The Kier molecular flexibility index (Phi) is 11.1. The number of imide groups is 1. The van der Waals surface area contributed by atoms with Crippen LogP contribution in [-0.4, -0.2) is 105 Å². The molecular weight excluding hydrogens is 880 g/mol. The van der Waals surface area contributed by atoms with Crippen molar-refractivity contribution in [2.75, 3.05) is 72.9 Å². The van der Waals surface area contributed by atoms with Crippen LogP contribution in [0, 0.1) is 24.2 Å². The van der Waals surface area contributed by atoms with Gasteiger partial charge in [0.15, 0.2) is 12.4 Å². The van der Waals surface area contributed by atoms with Gasteiger partial charge in [-0.1, -0.05) is 11.6 Å². The zero-order chi connectivity index (χ0) is 46.4. The van der Waals surface area contributed by atoms with Crippen molar-refractivity contribution in [3.63, 3.8) is 0 Å². The van der Waals surface area contributed by atoms with Gasteiger partial charge >= 0.3 is 5.92 Å². The Morgan fingerprint density at radius 2 is 1.64 bits per heavy atom. The number of aromatic nitrogens is 5. The first-order valence-corrected chi connectivity index (χ1v) is 24.4. The highest BCUT2D eigenvalue weighted by Crippen LogP contribution is 2.47. The molecule has 0 radical (unpaired) electrons. The fraction of sp³-hybridized carbons (Fsp3) is 0.551. The molecule has 354 valence electrons. The third-order valence-corrected chi connectivity index (χ3v) is 16.1. The van der Waals surface area contributed by atoms with E-state index in [1.807, 2.05) is 23.9 Å². The number of alkyl halides is 2. The van der Waals surface area contributed by atoms with Crippen LogP contribution in [0.2, 0.25) is 5.02 Å². The van der Waals surface area contributed by atoms with Crippen molar-refractivity contribution in [1.29, 1.82) is 0 Å². The lowest BCUT2D eigenvalue weighted by atomic mass is 9.71. The summed E-state index contributed by atoms with van der Waals surface area (Å²) in [5.74, 6) is -2.57. The molecule has 0 bridgehead atoms. The third-order valence-electron chi connectivity index (χ3n) is 15.9. The van der Waals surface area contributed by atoms with Gasteiger partial charge < -0.3 is 34.6 Å². The number of fused-ring (bicyclic) bond motifs is 4. The van der Waals surface area contributed by atoms with Gasteiger partial charge in [0.2, 0.25) is 23.5 Å². The minimum atomic E-state index is -3.12. The standard InChI is InChI=1S/C49H58ClF2N11O4/c1-28-22-33-38(60(3)58-40(33)32-7-9-39(64)55-45(32)65)24-37(28)62-16-10-29(11-17-62)26-61-18-12-48(13-19-61)14-20-63(21-15-48)47-53-25-35(50)44(57-47)54-31-6-8-36-34(23-31)41-42(46(66)59(36)2)67-27-49(51,52)43(56-41)30-4-5-30/h6,8,22-25,29-30,32,43,56H,4-5,7,9-21,26-27H2,1-3H3,(H,53,54,57)(H,55,64,65). The van der Waals surface area contributed by atoms with Gasteiger partial charge in [0, 0.05) is 75.4 Å². The number of carbonyl (C=O) groups excluding carboxylic acids is 2. The molecule has 5 fully saturated rings. The van der Waals surface area contributed by atoms with E-state index in [1.165, 1.54) is 28.7 Å². The van der Waals surface area contributed by atoms with Crippen molar-refractivity contribution in [3.05, 3.63) is 63.2 Å². The van der Waals surface area contributed by atoms with E-state index in [1.54, 1.807) is 19.3 Å². The molecule has 3 aromatic heterocycles. The van der Waals surface area contributed by atoms with E-state index < -0.39 is 30.0 Å². The Balaban J connectivity index is 0.691. The van der Waals surface area contributed by atoms with Gasteiger partial charge in [-0.2, -0.15) is 10.1 Å². The summed E-state index contributed by atoms with van der Waals surface area (Å²) < 4.78 is 39.3. The van der Waals surface area contributed by atoms with Crippen molar-refractivity contribution in [2.45, 2.75) is 89.0 Å². The summed E-state index contributed by atoms with van der Waals surface area (Å²) >= 11 is 6.68. The molecule has 1 saturated carbocycles. The average Bonchev–Trinajstić information content (AvgIpc) is 4.12. The highest BCUT2D eigenvalue weighted by atomic mass is 35.5. The summed E-state index contributed by atoms with van der Waals surface area (Å²) in [6, 6.07) is 8.73. The molecule has 8 heterocycles. The summed E-state index contributed by atoms with van der Waals surface area (Å²) in [6.45, 7) is 8.40. The van der Waals surface area contributed by atoms with Crippen LogP contribution in [0.15, 0.2) is 41.3 Å². The van der Waals surface area contributed by atoms with Crippen LogP contribution < -0.4 is 36.0 Å². The molecule has 2 aromatic carbocycles. The molecule has 3 N–H and O–H groups in total. The Morgan fingerprint density at radius 3 is 2.37 bits per heavy atom. The molecule has 1 spiro atoms. The quantitative estimate of drug-likeness (QED) is 0.134. The van der Waals surface area contributed by atoms with Gasteiger partial charge in [-0.25, -0.2) is 13.8 Å². The molecule has 11 rings (SSSR count). The second kappa shape index (κ2) is 16.9. The number of rotatable bonds is 8. The first-order chi connectivity index (χ1) is 32.2. The molecule has 1 aliphatic carbocycles. The predicted molar refractivity (Wildman–Crippen MR) is 255 cm³/mol. The summed E-state index contributed by atoms with van der Waals surface area (Å²) in [6.07, 6.45) is 10.7. The number of ether oxygens (including phenoxy) is 1. The molecule has 2 amide bonds. The lowest BCUT2D eigenvalue weighted by molar-refractivity contribution is -0.134. The number of hydrogen-bond donors (Lipinski definition) is 3. The van der Waals surface area contributed by atoms with Crippen molar-refractivity contribution in [1.82, 2.24) is 34.5 Å². The minimum absolute atomic E-state index is 0.0965. The van der Waals surface area contributed by atoms with Crippen molar-refractivity contribution in [3.8, 4) is 5.75 Å². The van der Waals surface area contributed by atoms with Gasteiger partial charge in [-0.3, -0.25) is 24.4 Å². The highest BCUT2D eigenvalue weighted by molar-refractivity contribution is 6.33. The van der Waals surface area contributed by atoms with Gasteiger partial charge in [0.1, 0.15) is 5.02 Å². The molecule has 67 heavy (non-hydrogen) atoms. The highest BCUT2D eigenvalue weighted by Gasteiger charge is 2.51. The number of aryl methyl sites for hydroxylation is 3. The number of amides is 2. The molecule has 15 nitrogen and oxygen atoms in total. The van der Waals surface area contributed by atoms with Crippen LogP contribution in [0.3, 0.4) is 0 Å². The molecule has 18 heteroatoms. The monoisotopic (exact) mass is 937 g/mol. The SMILES string of the molecule is Cc1cc2c(C3CCC(=O)NC3=O)nn(C)c2cc1N1CCC(CN2CCC3(CC2)CCN(c2ncc(Cl)c(Nc4ccc5c(c4)c4c(c(=O)n5C)OCC(F)(F)C(C5CC5)N4)n2)CC3)CC1. The van der Waals surface area contributed by atoms with Gasteiger partial charge in [-0.15, -0.1) is 0 Å². The molecule has 5 aliphatic heterocycles. The predicted octanol–water partition coefficient (Wildman–Crippen LogP) is 7.26. The van der Waals surface area contributed by atoms with Crippen LogP contribution in [0.5, 0.6) is 5.75 Å². The number of carbonyl (C=O) groups is 2. The van der Waals surface area contributed by atoms with E-state index in [4.69, 9.17) is 26.4 Å². The van der Waals surface area contributed by atoms with E-state index in [9.17, 15) is 14.4 Å². The van der Waals surface area contributed by atoms with Crippen LogP contribution >= 0.6 is 11.6 Å². The fourth-order valence-corrected chi connectivity index (χ4v) is 11.8. The number of halogens is 3. The number of benzene rings is 2. The maximum absolute atomic E-state index is 15.2. The number of piperidine rings is 4. The second-order valence-corrected chi connectivity index (χ2v) is 20.6. The second-order valence-electron chi connectivity index (χ2n) is 20.2. The number of likely N-dealkylation sites (tertiary alicyclic amines) is 1. The normalized spacial score (nSPS) is 23.5. The zero-order valence-corrected chi connectivity index (χ0v) is 39.1. The lowest BCUT2D eigenvalue weighted by Gasteiger charge is -2.47. The molecule has 2 atom stereocenters. The number of pyridine rings is 1. The zero-order valence-electron chi connectivity index (χ0n) is 38.3. The van der Waals surface area contributed by atoms with E-state index in [2.05, 4.69) is 54.7 Å². The van der Waals surface area contributed by atoms with Gasteiger partial charge in [0.25, 0.3) is 5.56 Å². The summed E-state index contributed by atoms with van der Waals surface area (Å²) in [7, 11) is 3.55. The maximum atomic E-state index is 15.2. The number of nitrogens with one attached hydrogen (secondary N) is 3. The van der Waals surface area contributed by atoms with E-state index in [-0.39, 0.29) is 29.2 Å². The van der Waals surface area contributed by atoms with E-state index in [0.29, 0.717) is 70.4 Å². The fourth-order valence-electron chi connectivity index (χ4n) is 11.6. The first kappa shape index (κ1) is 44.0. The Hall–Kier alpha value is -5.55.